The molecule has 2 aromatic heterocycles. The molecule has 21 heavy (non-hydrogen) atoms. The average molecular weight is 281 g/mol. The van der Waals surface area contributed by atoms with Crippen molar-refractivity contribution >= 4 is 10.9 Å². The van der Waals surface area contributed by atoms with Gasteiger partial charge in [-0.25, -0.2) is 9.67 Å². The molecule has 3 aromatic rings. The Kier molecular flexibility index (Phi) is 3.92. The van der Waals surface area contributed by atoms with E-state index < -0.39 is 0 Å². The molecule has 5 nitrogen and oxygen atoms in total. The van der Waals surface area contributed by atoms with Gasteiger partial charge in [0.15, 0.2) is 5.82 Å². The van der Waals surface area contributed by atoms with E-state index in [1.54, 1.807) is 12.4 Å². The largest absolute Gasteiger partial charge is 0.311 e. The van der Waals surface area contributed by atoms with Crippen LogP contribution in [0.4, 0.5) is 0 Å². The molecule has 0 amide bonds. The van der Waals surface area contributed by atoms with Gasteiger partial charge in [0.25, 0.3) is 0 Å². The molecule has 0 spiro atoms. The number of hydrogen-bond donors (Lipinski definition) is 1. The van der Waals surface area contributed by atoms with Crippen molar-refractivity contribution in [1.82, 2.24) is 25.1 Å². The molecule has 0 unspecified atom stereocenters. The van der Waals surface area contributed by atoms with Gasteiger partial charge in [-0.3, -0.25) is 4.98 Å². The highest BCUT2D eigenvalue weighted by Gasteiger charge is 2.06. The van der Waals surface area contributed by atoms with Crippen LogP contribution in [0.2, 0.25) is 0 Å². The minimum absolute atomic E-state index is 0.632. The lowest BCUT2D eigenvalue weighted by Crippen LogP contribution is -2.19. The number of aromatic nitrogens is 4. The van der Waals surface area contributed by atoms with E-state index in [0.29, 0.717) is 5.92 Å². The van der Waals surface area contributed by atoms with Crippen LogP contribution in [0.3, 0.4) is 0 Å². The third-order valence-corrected chi connectivity index (χ3v) is 3.24. The van der Waals surface area contributed by atoms with E-state index in [4.69, 9.17) is 0 Å². The highest BCUT2D eigenvalue weighted by Crippen LogP contribution is 2.15. The molecule has 0 fully saturated rings. The number of benzene rings is 1. The summed E-state index contributed by atoms with van der Waals surface area (Å²) in [5.41, 5.74) is 1.98. The van der Waals surface area contributed by atoms with E-state index in [1.807, 2.05) is 35.1 Å². The molecule has 0 aliphatic heterocycles. The highest BCUT2D eigenvalue weighted by molar-refractivity contribution is 5.79. The van der Waals surface area contributed by atoms with Crippen LogP contribution in [-0.4, -0.2) is 26.3 Å². The first-order valence-electron chi connectivity index (χ1n) is 7.19. The first-order valence-corrected chi connectivity index (χ1v) is 7.19. The fraction of sp³-hybridized carbons (Fsp3) is 0.312. The molecule has 5 heteroatoms. The molecular weight excluding hydrogens is 262 g/mol. The van der Waals surface area contributed by atoms with Crippen LogP contribution in [-0.2, 0) is 6.54 Å². The van der Waals surface area contributed by atoms with Crippen LogP contribution in [0.5, 0.6) is 0 Å². The van der Waals surface area contributed by atoms with Gasteiger partial charge in [0.1, 0.15) is 0 Å². The Labute approximate surface area is 124 Å². The number of para-hydroxylation sites is 1. The normalized spacial score (nSPS) is 11.4. The quantitative estimate of drug-likeness (QED) is 0.781. The zero-order valence-electron chi connectivity index (χ0n) is 12.3. The van der Waals surface area contributed by atoms with Crippen LogP contribution in [0, 0.1) is 5.92 Å². The Morgan fingerprint density at radius 2 is 1.95 bits per heavy atom. The van der Waals surface area contributed by atoms with Gasteiger partial charge >= 0.3 is 0 Å². The molecule has 3 rings (SSSR count). The van der Waals surface area contributed by atoms with Gasteiger partial charge in [-0.2, -0.15) is 5.10 Å². The molecule has 108 valence electrons. The molecule has 1 N–H and O–H groups in total. The fourth-order valence-corrected chi connectivity index (χ4v) is 2.19. The molecule has 0 saturated carbocycles. The lowest BCUT2D eigenvalue weighted by atomic mass is 10.2. The van der Waals surface area contributed by atoms with Gasteiger partial charge in [0, 0.05) is 11.9 Å². The van der Waals surface area contributed by atoms with Crippen LogP contribution in [0.1, 0.15) is 19.5 Å². The minimum atomic E-state index is 0.632. The number of fused-ring (bicyclic) bond motifs is 1. The molecule has 0 bridgehead atoms. The summed E-state index contributed by atoms with van der Waals surface area (Å²) in [6.07, 6.45) is 5.42. The number of hydrogen-bond acceptors (Lipinski definition) is 4. The van der Waals surface area contributed by atoms with Crippen molar-refractivity contribution in [3.63, 3.8) is 0 Å². The monoisotopic (exact) mass is 281 g/mol. The van der Waals surface area contributed by atoms with Crippen LogP contribution >= 0.6 is 0 Å². The Balaban J connectivity index is 1.78. The number of rotatable bonds is 5. The van der Waals surface area contributed by atoms with E-state index >= 15 is 0 Å². The van der Waals surface area contributed by atoms with Crippen molar-refractivity contribution in [1.29, 1.82) is 0 Å². The summed E-state index contributed by atoms with van der Waals surface area (Å²) in [5, 5.41) is 8.84. The second-order valence-corrected chi connectivity index (χ2v) is 5.51. The van der Waals surface area contributed by atoms with Crippen molar-refractivity contribution in [3.8, 4) is 5.82 Å². The van der Waals surface area contributed by atoms with Gasteiger partial charge in [-0.1, -0.05) is 32.0 Å². The van der Waals surface area contributed by atoms with E-state index in [0.717, 1.165) is 35.5 Å². The van der Waals surface area contributed by atoms with E-state index in [1.165, 1.54) is 0 Å². The zero-order valence-corrected chi connectivity index (χ0v) is 12.3. The standard InChI is InChI=1S/C16H19N5/c1-12(2)7-17-9-14-10-19-16(11-18-14)21-15-6-4-3-5-13(15)8-20-21/h3-6,8,10-12,17H,7,9H2,1-2H3. The lowest BCUT2D eigenvalue weighted by molar-refractivity contribution is 0.547. The summed E-state index contributed by atoms with van der Waals surface area (Å²) in [6.45, 7) is 6.09. The van der Waals surface area contributed by atoms with Crippen molar-refractivity contribution in [2.75, 3.05) is 6.54 Å². The predicted molar refractivity (Wildman–Crippen MR) is 83.2 cm³/mol. The summed E-state index contributed by atoms with van der Waals surface area (Å²) in [6, 6.07) is 8.07. The van der Waals surface area contributed by atoms with Crippen molar-refractivity contribution in [2.24, 2.45) is 5.92 Å². The van der Waals surface area contributed by atoms with E-state index in [9.17, 15) is 0 Å². The van der Waals surface area contributed by atoms with Crippen LogP contribution < -0.4 is 5.32 Å². The van der Waals surface area contributed by atoms with Crippen molar-refractivity contribution in [2.45, 2.75) is 20.4 Å². The maximum Gasteiger partial charge on any atom is 0.172 e. The molecule has 1 aromatic carbocycles. The second kappa shape index (κ2) is 6.01. The lowest BCUT2D eigenvalue weighted by Gasteiger charge is -2.07. The number of nitrogens with one attached hydrogen (secondary N) is 1. The molecule has 2 heterocycles. The number of nitrogens with zero attached hydrogens (tertiary/aromatic N) is 4. The SMILES string of the molecule is CC(C)CNCc1cnc(-n2ncc3ccccc32)cn1. The van der Waals surface area contributed by atoms with E-state index in [2.05, 4.69) is 34.2 Å². The highest BCUT2D eigenvalue weighted by atomic mass is 15.3. The Morgan fingerprint density at radius 3 is 2.71 bits per heavy atom. The fourth-order valence-electron chi connectivity index (χ4n) is 2.19. The summed E-state index contributed by atoms with van der Waals surface area (Å²) >= 11 is 0. The first-order chi connectivity index (χ1) is 10.2. The maximum atomic E-state index is 4.47. The molecule has 0 atom stereocenters. The van der Waals surface area contributed by atoms with Crippen LogP contribution in [0.15, 0.2) is 42.9 Å². The van der Waals surface area contributed by atoms with Gasteiger partial charge < -0.3 is 5.32 Å². The van der Waals surface area contributed by atoms with Crippen molar-refractivity contribution in [3.05, 3.63) is 48.5 Å². The smallest absolute Gasteiger partial charge is 0.172 e. The Hall–Kier alpha value is -2.27. The molecular formula is C16H19N5. The van der Waals surface area contributed by atoms with Gasteiger partial charge in [0.05, 0.1) is 29.8 Å². The Bertz CT molecular complexity index is 715. The summed E-state index contributed by atoms with van der Waals surface area (Å²) in [7, 11) is 0. The molecule has 0 aliphatic carbocycles. The minimum Gasteiger partial charge on any atom is -0.311 e. The van der Waals surface area contributed by atoms with E-state index in [-0.39, 0.29) is 0 Å². The third kappa shape index (κ3) is 3.08. The van der Waals surface area contributed by atoms with Crippen LogP contribution in [0.25, 0.3) is 16.7 Å². The summed E-state index contributed by atoms with van der Waals surface area (Å²) < 4.78 is 1.81. The molecule has 0 aliphatic rings. The summed E-state index contributed by atoms with van der Waals surface area (Å²) in [5.74, 6) is 1.37. The second-order valence-electron chi connectivity index (χ2n) is 5.51. The predicted octanol–water partition coefficient (Wildman–Crippen LogP) is 2.56. The molecule has 0 saturated heterocycles. The topological polar surface area (TPSA) is 55.6 Å². The maximum absolute atomic E-state index is 4.47. The third-order valence-electron chi connectivity index (χ3n) is 3.24. The Morgan fingerprint density at radius 1 is 1.10 bits per heavy atom. The first kappa shape index (κ1) is 13.7. The average Bonchev–Trinajstić information content (AvgIpc) is 2.92. The zero-order chi connectivity index (χ0) is 14.7. The van der Waals surface area contributed by atoms with Gasteiger partial charge in [0.2, 0.25) is 0 Å². The van der Waals surface area contributed by atoms with Gasteiger partial charge in [-0.15, -0.1) is 0 Å². The summed E-state index contributed by atoms with van der Waals surface area (Å²) in [4.78, 5) is 8.92. The van der Waals surface area contributed by atoms with Gasteiger partial charge in [-0.05, 0) is 18.5 Å². The van der Waals surface area contributed by atoms with Crippen molar-refractivity contribution < 1.29 is 0 Å². The molecule has 0 radical (unpaired) electrons.